The molecule has 0 fully saturated rings. The fourth-order valence-electron chi connectivity index (χ4n) is 3.98. The number of alkyl halides is 3. The van der Waals surface area contributed by atoms with Gasteiger partial charge >= 0.3 is 6.18 Å². The van der Waals surface area contributed by atoms with Crippen molar-refractivity contribution >= 4 is 22.7 Å². The van der Waals surface area contributed by atoms with Crippen molar-refractivity contribution in [3.8, 4) is 5.75 Å². The summed E-state index contributed by atoms with van der Waals surface area (Å²) in [6.45, 7) is 3.41. The number of hydrogen-bond acceptors (Lipinski definition) is 3. The number of para-hydroxylation sites is 1. The topological polar surface area (TPSA) is 45.2 Å². The highest BCUT2D eigenvalue weighted by Crippen LogP contribution is 2.45. The molecule has 0 amide bonds. The van der Waals surface area contributed by atoms with E-state index in [1.165, 1.54) is 18.9 Å². The van der Waals surface area contributed by atoms with E-state index in [9.17, 15) is 18.3 Å². The van der Waals surface area contributed by atoms with Gasteiger partial charge in [-0.15, -0.1) is 11.8 Å². The Bertz CT molecular complexity index is 996. The highest BCUT2D eigenvalue weighted by molar-refractivity contribution is 7.98. The molecule has 1 aromatic heterocycles. The van der Waals surface area contributed by atoms with Gasteiger partial charge in [-0.3, -0.25) is 0 Å². The monoisotopic (exact) mass is 437 g/mol. The van der Waals surface area contributed by atoms with Crippen LogP contribution in [0.4, 0.5) is 13.2 Å². The average molecular weight is 438 g/mol. The number of H-pyrrole nitrogens is 1. The molecule has 0 saturated carbocycles. The number of aliphatic hydroxyl groups is 1. The summed E-state index contributed by atoms with van der Waals surface area (Å²) >= 11 is 1.50. The Labute approximate surface area is 178 Å². The molecule has 3 aromatic rings. The van der Waals surface area contributed by atoms with Gasteiger partial charge in [0.15, 0.2) is 5.60 Å². The van der Waals surface area contributed by atoms with Crippen molar-refractivity contribution in [2.75, 3.05) is 13.4 Å². The Morgan fingerprint density at radius 1 is 1.07 bits per heavy atom. The Morgan fingerprint density at radius 3 is 2.37 bits per heavy atom. The minimum atomic E-state index is -4.80. The molecule has 30 heavy (non-hydrogen) atoms. The lowest BCUT2D eigenvalue weighted by atomic mass is 9.73. The molecule has 0 bridgehead atoms. The molecule has 1 unspecified atom stereocenters. The summed E-state index contributed by atoms with van der Waals surface area (Å²) in [6.07, 6.45) is -3.96. The lowest BCUT2D eigenvalue weighted by Crippen LogP contribution is -2.51. The predicted molar refractivity (Wildman–Crippen MR) is 115 cm³/mol. The molecule has 1 heterocycles. The number of aromatic nitrogens is 1. The van der Waals surface area contributed by atoms with Crippen LogP contribution in [0, 0.1) is 0 Å². The van der Waals surface area contributed by atoms with E-state index in [-0.39, 0.29) is 0 Å². The van der Waals surface area contributed by atoms with Crippen LogP contribution in [0.2, 0.25) is 0 Å². The zero-order chi connectivity index (χ0) is 22.2. The van der Waals surface area contributed by atoms with Crippen molar-refractivity contribution in [3.63, 3.8) is 0 Å². The number of halogens is 3. The summed E-state index contributed by atoms with van der Waals surface area (Å²) < 4.78 is 47.8. The highest BCUT2D eigenvalue weighted by Gasteiger charge is 2.56. The van der Waals surface area contributed by atoms with Crippen molar-refractivity contribution in [1.82, 2.24) is 4.98 Å². The normalized spacial score (nSPS) is 14.7. The van der Waals surface area contributed by atoms with Crippen molar-refractivity contribution in [2.24, 2.45) is 0 Å². The molecule has 1 atom stereocenters. The van der Waals surface area contributed by atoms with Crippen LogP contribution in [0.5, 0.6) is 5.75 Å². The summed E-state index contributed by atoms with van der Waals surface area (Å²) in [4.78, 5) is 3.92. The van der Waals surface area contributed by atoms with E-state index in [1.54, 1.807) is 32.0 Å². The first kappa shape index (κ1) is 22.6. The number of fused-ring (bicyclic) bond motifs is 1. The Morgan fingerprint density at radius 2 is 1.77 bits per heavy atom. The van der Waals surface area contributed by atoms with Gasteiger partial charge in [-0.2, -0.15) is 13.2 Å². The Balaban J connectivity index is 1.99. The van der Waals surface area contributed by atoms with E-state index in [4.69, 9.17) is 4.74 Å². The second-order valence-corrected chi connectivity index (χ2v) is 9.09. The predicted octanol–water partition coefficient (Wildman–Crippen LogP) is 6.10. The van der Waals surface area contributed by atoms with Gasteiger partial charge in [0.2, 0.25) is 0 Å². The van der Waals surface area contributed by atoms with E-state index < -0.39 is 30.0 Å². The summed E-state index contributed by atoms with van der Waals surface area (Å²) in [5.74, 6) is 0.507. The van der Waals surface area contributed by atoms with Gasteiger partial charge in [-0.05, 0) is 53.8 Å². The second-order valence-electron chi connectivity index (χ2n) is 8.21. The van der Waals surface area contributed by atoms with Crippen LogP contribution in [-0.4, -0.2) is 35.2 Å². The van der Waals surface area contributed by atoms with Crippen LogP contribution in [0.25, 0.3) is 10.9 Å². The number of thioether (sulfide) groups is 1. The molecule has 0 radical (unpaired) electrons. The van der Waals surface area contributed by atoms with Gasteiger partial charge in [0.05, 0.1) is 7.11 Å². The smallest absolute Gasteiger partial charge is 0.417 e. The number of nitrogens with one attached hydrogen (secondary N) is 1. The van der Waals surface area contributed by atoms with Crippen LogP contribution in [0.1, 0.15) is 31.5 Å². The fraction of sp³-hybridized carbons (Fsp3) is 0.391. The van der Waals surface area contributed by atoms with Crippen molar-refractivity contribution in [1.29, 1.82) is 0 Å². The molecule has 7 heteroatoms. The van der Waals surface area contributed by atoms with E-state index in [0.29, 0.717) is 17.0 Å². The zero-order valence-corrected chi connectivity index (χ0v) is 18.2. The van der Waals surface area contributed by atoms with Crippen molar-refractivity contribution in [2.45, 2.75) is 48.8 Å². The minimum Gasteiger partial charge on any atom is -0.496 e. The molecule has 3 nitrogen and oxygen atoms in total. The summed E-state index contributed by atoms with van der Waals surface area (Å²) in [5, 5.41) is 11.7. The minimum absolute atomic E-state index is 0.344. The first-order chi connectivity index (χ1) is 14.0. The largest absolute Gasteiger partial charge is 0.496 e. The number of aromatic amines is 1. The Hall–Kier alpha value is -2.12. The molecule has 0 saturated heterocycles. The van der Waals surface area contributed by atoms with Crippen LogP contribution in [0.15, 0.2) is 53.4 Å². The standard InChI is InChI=1S/C23H26F3NO2S/c1-21(2,18-12-17(30-4)9-10-20(18)29-3)14-22(28,23(24,25)26)13-16-11-15-7-5-6-8-19(15)27-16/h5-12,27-28H,13-14H2,1-4H3. The molecular weight excluding hydrogens is 411 g/mol. The van der Waals surface area contributed by atoms with Crippen LogP contribution >= 0.6 is 11.8 Å². The van der Waals surface area contributed by atoms with Gasteiger partial charge < -0.3 is 14.8 Å². The number of rotatable bonds is 7. The lowest BCUT2D eigenvalue weighted by Gasteiger charge is -2.38. The van der Waals surface area contributed by atoms with Crippen molar-refractivity contribution in [3.05, 3.63) is 59.8 Å². The van der Waals surface area contributed by atoms with Crippen molar-refractivity contribution < 1.29 is 23.0 Å². The first-order valence-electron chi connectivity index (χ1n) is 9.57. The molecule has 0 aliphatic rings. The molecule has 162 valence electrons. The number of benzene rings is 2. The molecule has 3 rings (SSSR count). The third kappa shape index (κ3) is 4.47. The van der Waals surface area contributed by atoms with Gasteiger partial charge in [0.1, 0.15) is 5.75 Å². The molecular formula is C23H26F3NO2S. The molecule has 2 N–H and O–H groups in total. The van der Waals surface area contributed by atoms with Crippen LogP contribution in [-0.2, 0) is 11.8 Å². The molecule has 0 spiro atoms. The van der Waals surface area contributed by atoms with E-state index >= 15 is 0 Å². The maximum atomic E-state index is 14.1. The van der Waals surface area contributed by atoms with E-state index in [1.807, 2.05) is 36.6 Å². The first-order valence-corrected chi connectivity index (χ1v) is 10.8. The number of methoxy groups -OCH3 is 1. The Kier molecular flexibility index (Phi) is 6.16. The van der Waals surface area contributed by atoms with E-state index in [2.05, 4.69) is 4.98 Å². The number of ether oxygens (including phenoxy) is 1. The van der Waals surface area contributed by atoms with Gasteiger partial charge in [0.25, 0.3) is 0 Å². The summed E-state index contributed by atoms with van der Waals surface area (Å²) in [5.41, 5.74) is -2.18. The fourth-order valence-corrected chi connectivity index (χ4v) is 4.42. The molecule has 2 aromatic carbocycles. The summed E-state index contributed by atoms with van der Waals surface area (Å²) in [7, 11) is 1.49. The third-order valence-corrected chi connectivity index (χ3v) is 6.19. The van der Waals surface area contributed by atoms with E-state index in [0.717, 1.165) is 15.8 Å². The quantitative estimate of drug-likeness (QED) is 0.439. The average Bonchev–Trinajstić information content (AvgIpc) is 3.08. The van der Waals surface area contributed by atoms with Gasteiger partial charge in [-0.25, -0.2) is 0 Å². The third-order valence-electron chi connectivity index (χ3n) is 5.47. The van der Waals surface area contributed by atoms with Crippen LogP contribution in [0.3, 0.4) is 0 Å². The number of hydrogen-bond donors (Lipinski definition) is 2. The summed E-state index contributed by atoms with van der Waals surface area (Å²) in [6, 6.07) is 14.4. The lowest BCUT2D eigenvalue weighted by molar-refractivity contribution is -0.266. The zero-order valence-electron chi connectivity index (χ0n) is 17.4. The second kappa shape index (κ2) is 8.19. The highest BCUT2D eigenvalue weighted by atomic mass is 32.2. The van der Waals surface area contributed by atoms with Gasteiger partial charge in [0, 0.05) is 28.1 Å². The molecule has 0 aliphatic carbocycles. The maximum absolute atomic E-state index is 14.1. The van der Waals surface area contributed by atoms with Crippen LogP contribution < -0.4 is 4.74 Å². The molecule has 0 aliphatic heterocycles. The SMILES string of the molecule is COc1ccc(SC)cc1C(C)(C)CC(O)(Cc1cc2ccccc2[nH]1)C(F)(F)F. The maximum Gasteiger partial charge on any atom is 0.417 e. The van der Waals surface area contributed by atoms with Gasteiger partial charge in [-0.1, -0.05) is 32.0 Å².